The van der Waals surface area contributed by atoms with E-state index in [4.69, 9.17) is 9.84 Å². The maximum Gasteiger partial charge on any atom is 0.321 e. The van der Waals surface area contributed by atoms with Crippen molar-refractivity contribution in [3.8, 4) is 5.75 Å². The standard InChI is InChI=1S/C19H28BrNO3S/c1-18(2,3)11-7-12(19(4,5)6)16(13(20)8-11)24-9-15-21-14(10-25-15)17(22)23/h7-8,14-15,21H,9-10H2,1-6H3,(H,22,23). The number of ether oxygens (including phenoxy) is 1. The van der Waals surface area contributed by atoms with E-state index in [0.717, 1.165) is 15.8 Å². The smallest absolute Gasteiger partial charge is 0.321 e. The molecule has 0 bridgehead atoms. The molecule has 25 heavy (non-hydrogen) atoms. The fraction of sp³-hybridized carbons (Fsp3) is 0.632. The van der Waals surface area contributed by atoms with E-state index in [2.05, 4.69) is 74.9 Å². The third-order valence-corrected chi connectivity index (χ3v) is 6.04. The number of halogens is 1. The van der Waals surface area contributed by atoms with Crippen molar-refractivity contribution in [3.05, 3.63) is 27.7 Å². The van der Waals surface area contributed by atoms with Crippen LogP contribution in [0.1, 0.15) is 52.7 Å². The van der Waals surface area contributed by atoms with Crippen LogP contribution in [-0.2, 0) is 15.6 Å². The zero-order chi connectivity index (χ0) is 19.0. The number of aliphatic carboxylic acids is 1. The van der Waals surface area contributed by atoms with Gasteiger partial charge in [0.05, 0.1) is 9.85 Å². The van der Waals surface area contributed by atoms with Gasteiger partial charge in [0.2, 0.25) is 0 Å². The molecule has 0 amide bonds. The van der Waals surface area contributed by atoms with Gasteiger partial charge in [0, 0.05) is 11.3 Å². The number of rotatable bonds is 4. The first kappa shape index (κ1) is 20.6. The molecule has 1 fully saturated rings. The van der Waals surface area contributed by atoms with Crippen LogP contribution in [0.15, 0.2) is 16.6 Å². The Balaban J connectivity index is 2.24. The molecule has 0 aromatic heterocycles. The minimum Gasteiger partial charge on any atom is -0.490 e. The molecule has 140 valence electrons. The topological polar surface area (TPSA) is 58.6 Å². The minimum absolute atomic E-state index is 0.0110. The normalized spacial score (nSPS) is 21.4. The molecule has 1 heterocycles. The number of hydrogen-bond acceptors (Lipinski definition) is 4. The molecular weight excluding hydrogens is 402 g/mol. The lowest BCUT2D eigenvalue weighted by Crippen LogP contribution is -2.38. The highest BCUT2D eigenvalue weighted by Gasteiger charge is 2.31. The predicted octanol–water partition coefficient (Wildman–Crippen LogP) is 4.54. The summed E-state index contributed by atoms with van der Waals surface area (Å²) in [6, 6.07) is 3.86. The summed E-state index contributed by atoms with van der Waals surface area (Å²) >= 11 is 5.27. The van der Waals surface area contributed by atoms with E-state index in [1.54, 1.807) is 11.8 Å². The summed E-state index contributed by atoms with van der Waals surface area (Å²) in [4.78, 5) is 11.1. The second kappa shape index (κ2) is 7.49. The highest BCUT2D eigenvalue weighted by molar-refractivity contribution is 9.10. The molecule has 1 aliphatic heterocycles. The van der Waals surface area contributed by atoms with Gasteiger partial charge in [-0.15, -0.1) is 11.8 Å². The van der Waals surface area contributed by atoms with Crippen molar-refractivity contribution >= 4 is 33.7 Å². The van der Waals surface area contributed by atoms with Crippen LogP contribution in [-0.4, -0.2) is 34.9 Å². The Morgan fingerprint density at radius 1 is 1.28 bits per heavy atom. The molecule has 0 spiro atoms. The summed E-state index contributed by atoms with van der Waals surface area (Å²) in [7, 11) is 0. The van der Waals surface area contributed by atoms with Crippen LogP contribution in [0.2, 0.25) is 0 Å². The van der Waals surface area contributed by atoms with Crippen LogP contribution in [0, 0.1) is 0 Å². The molecule has 1 saturated heterocycles. The second-order valence-electron chi connectivity index (χ2n) is 8.53. The van der Waals surface area contributed by atoms with E-state index in [1.165, 1.54) is 5.56 Å². The van der Waals surface area contributed by atoms with Crippen molar-refractivity contribution in [2.75, 3.05) is 12.4 Å². The van der Waals surface area contributed by atoms with Gasteiger partial charge in [-0.2, -0.15) is 0 Å². The molecule has 0 aliphatic carbocycles. The lowest BCUT2D eigenvalue weighted by Gasteiger charge is -2.28. The minimum atomic E-state index is -0.805. The molecule has 0 radical (unpaired) electrons. The lowest BCUT2D eigenvalue weighted by molar-refractivity contribution is -0.138. The number of carbonyl (C=O) groups is 1. The third-order valence-electron chi connectivity index (χ3n) is 4.25. The van der Waals surface area contributed by atoms with E-state index >= 15 is 0 Å². The highest BCUT2D eigenvalue weighted by Crippen LogP contribution is 2.41. The van der Waals surface area contributed by atoms with Crippen LogP contribution in [0.4, 0.5) is 0 Å². The molecule has 2 unspecified atom stereocenters. The van der Waals surface area contributed by atoms with E-state index in [0.29, 0.717) is 12.4 Å². The fourth-order valence-corrected chi connectivity index (χ4v) is 4.32. The Morgan fingerprint density at radius 2 is 1.92 bits per heavy atom. The summed E-state index contributed by atoms with van der Waals surface area (Å²) in [6.07, 6.45) is 0. The Morgan fingerprint density at radius 3 is 2.40 bits per heavy atom. The van der Waals surface area contributed by atoms with Gasteiger partial charge in [-0.1, -0.05) is 47.6 Å². The van der Waals surface area contributed by atoms with Crippen molar-refractivity contribution < 1.29 is 14.6 Å². The van der Waals surface area contributed by atoms with Crippen molar-refractivity contribution in [2.45, 2.75) is 63.8 Å². The number of carboxylic acids is 1. The summed E-state index contributed by atoms with van der Waals surface area (Å²) in [5, 5.41) is 12.2. The lowest BCUT2D eigenvalue weighted by atomic mass is 9.80. The number of carboxylic acid groups (broad SMARTS) is 1. The number of benzene rings is 1. The van der Waals surface area contributed by atoms with Gasteiger partial charge in [-0.25, -0.2) is 0 Å². The molecular formula is C19H28BrNO3S. The Hall–Kier alpha value is -0.720. The number of hydrogen-bond donors (Lipinski definition) is 2. The van der Waals surface area contributed by atoms with Gasteiger partial charge in [0.1, 0.15) is 18.4 Å². The molecule has 2 rings (SSSR count). The van der Waals surface area contributed by atoms with E-state index < -0.39 is 12.0 Å². The first-order chi connectivity index (χ1) is 11.4. The molecule has 1 aliphatic rings. The predicted molar refractivity (Wildman–Crippen MR) is 108 cm³/mol. The van der Waals surface area contributed by atoms with Crippen LogP contribution in [0.25, 0.3) is 0 Å². The summed E-state index contributed by atoms with van der Waals surface area (Å²) in [6.45, 7) is 13.6. The highest BCUT2D eigenvalue weighted by atomic mass is 79.9. The molecule has 4 nitrogen and oxygen atoms in total. The van der Waals surface area contributed by atoms with Gasteiger partial charge < -0.3 is 9.84 Å². The molecule has 2 N–H and O–H groups in total. The van der Waals surface area contributed by atoms with Crippen molar-refractivity contribution in [2.24, 2.45) is 0 Å². The van der Waals surface area contributed by atoms with E-state index in [9.17, 15) is 4.79 Å². The van der Waals surface area contributed by atoms with Crippen LogP contribution >= 0.6 is 27.7 Å². The fourth-order valence-electron chi connectivity index (χ4n) is 2.66. The van der Waals surface area contributed by atoms with Crippen molar-refractivity contribution in [3.63, 3.8) is 0 Å². The average Bonchev–Trinajstić information content (AvgIpc) is 2.92. The number of nitrogens with one attached hydrogen (secondary N) is 1. The summed E-state index contributed by atoms with van der Waals surface area (Å²) in [5.41, 5.74) is 2.41. The monoisotopic (exact) mass is 429 g/mol. The molecule has 2 atom stereocenters. The van der Waals surface area contributed by atoms with Crippen LogP contribution in [0.3, 0.4) is 0 Å². The zero-order valence-corrected chi connectivity index (χ0v) is 18.2. The number of thioether (sulfide) groups is 1. The third kappa shape index (κ3) is 5.14. The first-order valence-electron chi connectivity index (χ1n) is 8.47. The maximum atomic E-state index is 11.1. The van der Waals surface area contributed by atoms with Gasteiger partial charge in [-0.3, -0.25) is 10.1 Å². The van der Waals surface area contributed by atoms with Crippen LogP contribution < -0.4 is 10.1 Å². The average molecular weight is 430 g/mol. The van der Waals surface area contributed by atoms with E-state index in [1.807, 2.05) is 0 Å². The zero-order valence-electron chi connectivity index (χ0n) is 15.8. The Bertz CT molecular complexity index is 649. The van der Waals surface area contributed by atoms with Crippen LogP contribution in [0.5, 0.6) is 5.75 Å². The largest absolute Gasteiger partial charge is 0.490 e. The van der Waals surface area contributed by atoms with Crippen molar-refractivity contribution in [1.29, 1.82) is 0 Å². The summed E-state index contributed by atoms with van der Waals surface area (Å²) < 4.78 is 7.10. The van der Waals surface area contributed by atoms with Gasteiger partial charge in [-0.05, 0) is 38.4 Å². The van der Waals surface area contributed by atoms with Gasteiger partial charge >= 0.3 is 5.97 Å². The Labute approximate surface area is 163 Å². The molecule has 0 saturated carbocycles. The van der Waals surface area contributed by atoms with Crippen molar-refractivity contribution in [1.82, 2.24) is 5.32 Å². The summed E-state index contributed by atoms with van der Waals surface area (Å²) in [5.74, 6) is 0.613. The molecule has 1 aromatic carbocycles. The molecule has 6 heteroatoms. The maximum absolute atomic E-state index is 11.1. The van der Waals surface area contributed by atoms with Gasteiger partial charge in [0.15, 0.2) is 0 Å². The first-order valence-corrected chi connectivity index (χ1v) is 10.3. The van der Waals surface area contributed by atoms with Gasteiger partial charge in [0.25, 0.3) is 0 Å². The molecule has 1 aromatic rings. The SMILES string of the molecule is CC(C)(C)c1cc(Br)c(OCC2NC(C(=O)O)CS2)c(C(C)(C)C)c1. The Kier molecular flexibility index (Phi) is 6.17. The second-order valence-corrected chi connectivity index (χ2v) is 10.6. The van der Waals surface area contributed by atoms with E-state index in [-0.39, 0.29) is 16.2 Å². The quantitative estimate of drug-likeness (QED) is 0.735.